The number of nitrogens with one attached hydrogen (secondary N) is 1. The number of piperazine rings is 1. The fourth-order valence-corrected chi connectivity index (χ4v) is 2.60. The molecule has 1 heterocycles. The largest absolute Gasteiger partial charge is 0.467 e. The topological polar surface area (TPSA) is 41.6 Å². The van der Waals surface area contributed by atoms with Crippen LogP contribution in [0.4, 0.5) is 8.78 Å². The summed E-state index contributed by atoms with van der Waals surface area (Å²) in [6.07, 6.45) is 0. The highest BCUT2D eigenvalue weighted by Gasteiger charge is 2.45. The zero-order valence-corrected chi connectivity index (χ0v) is 11.6. The number of nitrogens with zero attached hydrogens (tertiary/aromatic N) is 1. The van der Waals surface area contributed by atoms with Crippen molar-refractivity contribution in [3.05, 3.63) is 35.4 Å². The molecule has 0 aromatic heterocycles. The van der Waals surface area contributed by atoms with Crippen molar-refractivity contribution in [3.63, 3.8) is 0 Å². The predicted octanol–water partition coefficient (Wildman–Crippen LogP) is 1.26. The minimum Gasteiger partial charge on any atom is -0.467 e. The van der Waals surface area contributed by atoms with Crippen molar-refractivity contribution >= 4 is 5.97 Å². The van der Waals surface area contributed by atoms with Crippen LogP contribution in [-0.2, 0) is 15.1 Å². The Labute approximate surface area is 116 Å². The summed E-state index contributed by atoms with van der Waals surface area (Å²) in [6.45, 7) is 4.05. The molecule has 1 aromatic rings. The van der Waals surface area contributed by atoms with Crippen LogP contribution in [0.3, 0.4) is 0 Å². The van der Waals surface area contributed by atoms with Crippen molar-refractivity contribution in [2.75, 3.05) is 33.3 Å². The van der Waals surface area contributed by atoms with E-state index in [1.54, 1.807) is 6.92 Å². The van der Waals surface area contributed by atoms with Crippen LogP contribution in [0.2, 0.25) is 0 Å². The molecule has 0 aliphatic carbocycles. The lowest BCUT2D eigenvalue weighted by Gasteiger charge is -2.41. The Kier molecular flexibility index (Phi) is 4.35. The number of hydrogen-bond acceptors (Lipinski definition) is 4. The Balaban J connectivity index is 2.51. The molecule has 0 bridgehead atoms. The van der Waals surface area contributed by atoms with Crippen molar-refractivity contribution in [1.29, 1.82) is 0 Å². The van der Waals surface area contributed by atoms with Gasteiger partial charge in [-0.15, -0.1) is 0 Å². The molecule has 1 aromatic carbocycles. The van der Waals surface area contributed by atoms with Crippen LogP contribution in [0, 0.1) is 11.6 Å². The maximum absolute atomic E-state index is 14.1. The molecule has 0 spiro atoms. The van der Waals surface area contributed by atoms with Crippen LogP contribution in [0.25, 0.3) is 0 Å². The standard InChI is InChI=1S/C14H18F2N2O2/c1-14(13(19)20-2,18-8-6-17-7-9-18)10-4-3-5-11(15)12(10)16/h3-5,17H,6-9H2,1-2H3. The lowest BCUT2D eigenvalue weighted by molar-refractivity contribution is -0.156. The monoisotopic (exact) mass is 284 g/mol. The molecule has 110 valence electrons. The van der Waals surface area contributed by atoms with Crippen LogP contribution in [0.1, 0.15) is 12.5 Å². The Hall–Kier alpha value is -1.53. The minimum absolute atomic E-state index is 0.00579. The number of hydrogen-bond donors (Lipinski definition) is 1. The molecule has 1 saturated heterocycles. The zero-order valence-electron chi connectivity index (χ0n) is 11.6. The molecule has 1 N–H and O–H groups in total. The summed E-state index contributed by atoms with van der Waals surface area (Å²) in [5, 5.41) is 3.16. The highest BCUT2D eigenvalue weighted by atomic mass is 19.2. The third-order valence-corrected chi connectivity index (χ3v) is 3.81. The van der Waals surface area contributed by atoms with Crippen molar-refractivity contribution in [2.45, 2.75) is 12.5 Å². The molecule has 1 aliphatic heterocycles. The molecule has 1 aliphatic rings. The second-order valence-electron chi connectivity index (χ2n) is 4.90. The smallest absolute Gasteiger partial charge is 0.330 e. The molecule has 0 saturated carbocycles. The van der Waals surface area contributed by atoms with Gasteiger partial charge in [0, 0.05) is 31.7 Å². The van der Waals surface area contributed by atoms with Crippen LogP contribution in [0.15, 0.2) is 18.2 Å². The Bertz CT molecular complexity index is 504. The van der Waals surface area contributed by atoms with Gasteiger partial charge < -0.3 is 10.1 Å². The van der Waals surface area contributed by atoms with E-state index in [-0.39, 0.29) is 5.56 Å². The van der Waals surface area contributed by atoms with Crippen molar-refractivity contribution < 1.29 is 18.3 Å². The predicted molar refractivity (Wildman–Crippen MR) is 70.2 cm³/mol. The van der Waals surface area contributed by atoms with Gasteiger partial charge in [0.2, 0.25) is 0 Å². The average Bonchev–Trinajstić information content (AvgIpc) is 2.49. The molecule has 4 nitrogen and oxygen atoms in total. The Morgan fingerprint density at radius 3 is 2.60 bits per heavy atom. The maximum Gasteiger partial charge on any atom is 0.330 e. The number of ether oxygens (including phenoxy) is 1. The Morgan fingerprint density at radius 2 is 2.00 bits per heavy atom. The highest BCUT2D eigenvalue weighted by molar-refractivity contribution is 5.82. The van der Waals surface area contributed by atoms with Gasteiger partial charge in [-0.3, -0.25) is 4.90 Å². The van der Waals surface area contributed by atoms with E-state index in [1.165, 1.54) is 19.2 Å². The average molecular weight is 284 g/mol. The fourth-order valence-electron chi connectivity index (χ4n) is 2.60. The van der Waals surface area contributed by atoms with Crippen LogP contribution < -0.4 is 5.32 Å². The minimum atomic E-state index is -1.33. The summed E-state index contributed by atoms with van der Waals surface area (Å²) in [4.78, 5) is 14.0. The number of carbonyl (C=O) groups is 1. The summed E-state index contributed by atoms with van der Waals surface area (Å²) < 4.78 is 32.4. The summed E-state index contributed by atoms with van der Waals surface area (Å²) >= 11 is 0. The van der Waals surface area contributed by atoms with Gasteiger partial charge in [-0.05, 0) is 13.0 Å². The van der Waals surface area contributed by atoms with Gasteiger partial charge >= 0.3 is 5.97 Å². The lowest BCUT2D eigenvalue weighted by atomic mass is 9.88. The highest BCUT2D eigenvalue weighted by Crippen LogP contribution is 2.32. The first-order chi connectivity index (χ1) is 9.51. The van der Waals surface area contributed by atoms with E-state index < -0.39 is 23.1 Å². The van der Waals surface area contributed by atoms with E-state index in [9.17, 15) is 13.6 Å². The number of carbonyl (C=O) groups excluding carboxylic acids is 1. The van der Waals surface area contributed by atoms with Crippen molar-refractivity contribution in [2.24, 2.45) is 0 Å². The number of halogens is 2. The summed E-state index contributed by atoms with van der Waals surface area (Å²) in [7, 11) is 1.25. The van der Waals surface area contributed by atoms with Crippen LogP contribution in [0.5, 0.6) is 0 Å². The van der Waals surface area contributed by atoms with E-state index in [1.807, 2.05) is 4.90 Å². The fraction of sp³-hybridized carbons (Fsp3) is 0.500. The first-order valence-electron chi connectivity index (χ1n) is 6.50. The van der Waals surface area contributed by atoms with Gasteiger partial charge in [0.15, 0.2) is 11.6 Å². The van der Waals surface area contributed by atoms with Gasteiger partial charge in [-0.1, -0.05) is 12.1 Å². The molecule has 2 rings (SSSR count). The van der Waals surface area contributed by atoms with E-state index in [4.69, 9.17) is 4.74 Å². The van der Waals surface area contributed by atoms with E-state index in [0.29, 0.717) is 26.2 Å². The summed E-state index contributed by atoms with van der Waals surface area (Å²) in [6, 6.07) is 3.86. The second-order valence-corrected chi connectivity index (χ2v) is 4.90. The van der Waals surface area contributed by atoms with Crippen LogP contribution in [-0.4, -0.2) is 44.2 Å². The lowest BCUT2D eigenvalue weighted by Crippen LogP contribution is -2.57. The van der Waals surface area contributed by atoms with E-state index >= 15 is 0 Å². The quantitative estimate of drug-likeness (QED) is 0.849. The third-order valence-electron chi connectivity index (χ3n) is 3.81. The van der Waals surface area contributed by atoms with E-state index in [0.717, 1.165) is 6.07 Å². The third kappa shape index (κ3) is 2.41. The first kappa shape index (κ1) is 14.9. The van der Waals surface area contributed by atoms with Gasteiger partial charge in [-0.2, -0.15) is 0 Å². The number of rotatable bonds is 3. The number of benzene rings is 1. The van der Waals surface area contributed by atoms with E-state index in [2.05, 4.69) is 5.32 Å². The van der Waals surface area contributed by atoms with Gasteiger partial charge in [0.05, 0.1) is 7.11 Å². The summed E-state index contributed by atoms with van der Waals surface area (Å²) in [5.74, 6) is -2.56. The molecule has 1 unspecified atom stereocenters. The first-order valence-corrected chi connectivity index (χ1v) is 6.50. The molecular formula is C14H18F2N2O2. The molecule has 20 heavy (non-hydrogen) atoms. The van der Waals surface area contributed by atoms with Gasteiger partial charge in [0.25, 0.3) is 0 Å². The molecular weight excluding hydrogens is 266 g/mol. The van der Waals surface area contributed by atoms with Crippen LogP contribution >= 0.6 is 0 Å². The molecule has 0 radical (unpaired) electrons. The maximum atomic E-state index is 14.1. The zero-order chi connectivity index (χ0) is 14.8. The van der Waals surface area contributed by atoms with Gasteiger partial charge in [-0.25, -0.2) is 13.6 Å². The molecule has 0 amide bonds. The summed E-state index contributed by atoms with van der Waals surface area (Å²) in [5.41, 5.74) is -1.32. The van der Waals surface area contributed by atoms with Crippen molar-refractivity contribution in [1.82, 2.24) is 10.2 Å². The normalized spacial score (nSPS) is 19.4. The number of esters is 1. The van der Waals surface area contributed by atoms with Gasteiger partial charge in [0.1, 0.15) is 5.54 Å². The molecule has 6 heteroatoms. The van der Waals surface area contributed by atoms with Crippen molar-refractivity contribution in [3.8, 4) is 0 Å². The number of methoxy groups -OCH3 is 1. The Morgan fingerprint density at radius 1 is 1.35 bits per heavy atom. The molecule has 1 atom stereocenters. The molecule has 1 fully saturated rings. The second kappa shape index (κ2) is 5.85. The SMILES string of the molecule is COC(=O)C(C)(c1cccc(F)c1F)N1CCNCC1.